The van der Waals surface area contributed by atoms with Crippen molar-refractivity contribution in [3.05, 3.63) is 5.82 Å². The fourth-order valence-corrected chi connectivity index (χ4v) is 1.50. The summed E-state index contributed by atoms with van der Waals surface area (Å²) in [6, 6.07) is 0. The zero-order chi connectivity index (χ0) is 15.2. The SMILES string of the molecule is CCCOc1nc(C(C)(C)C)nc(NCCOC)c1N. The van der Waals surface area contributed by atoms with E-state index >= 15 is 0 Å². The minimum atomic E-state index is -0.171. The highest BCUT2D eigenvalue weighted by molar-refractivity contribution is 5.67. The van der Waals surface area contributed by atoms with Gasteiger partial charge in [0.05, 0.1) is 13.2 Å². The summed E-state index contributed by atoms with van der Waals surface area (Å²) in [4.78, 5) is 8.94. The number of anilines is 2. The number of nitrogens with one attached hydrogen (secondary N) is 1. The fourth-order valence-electron chi connectivity index (χ4n) is 1.50. The lowest BCUT2D eigenvalue weighted by atomic mass is 9.96. The molecule has 6 nitrogen and oxygen atoms in total. The molecule has 0 atom stereocenters. The highest BCUT2D eigenvalue weighted by Crippen LogP contribution is 2.30. The average molecular weight is 282 g/mol. The number of methoxy groups -OCH3 is 1. The highest BCUT2D eigenvalue weighted by Gasteiger charge is 2.22. The first-order valence-corrected chi connectivity index (χ1v) is 6.93. The van der Waals surface area contributed by atoms with E-state index in [2.05, 4.69) is 36.1 Å². The molecule has 6 heteroatoms. The lowest BCUT2D eigenvalue weighted by molar-refractivity contribution is 0.210. The van der Waals surface area contributed by atoms with Crippen LogP contribution in [0.5, 0.6) is 5.88 Å². The summed E-state index contributed by atoms with van der Waals surface area (Å²) in [5, 5.41) is 3.16. The van der Waals surface area contributed by atoms with Gasteiger partial charge in [-0.1, -0.05) is 27.7 Å². The van der Waals surface area contributed by atoms with Crippen LogP contribution in [0.3, 0.4) is 0 Å². The number of rotatable bonds is 7. The molecule has 3 N–H and O–H groups in total. The van der Waals surface area contributed by atoms with E-state index in [1.165, 1.54) is 0 Å². The summed E-state index contributed by atoms with van der Waals surface area (Å²) in [6.45, 7) is 10.0. The first-order chi connectivity index (χ1) is 9.40. The molecule has 1 heterocycles. The maximum atomic E-state index is 6.07. The number of ether oxygens (including phenoxy) is 2. The highest BCUT2D eigenvalue weighted by atomic mass is 16.5. The van der Waals surface area contributed by atoms with Crippen molar-refractivity contribution in [3.8, 4) is 5.88 Å². The predicted octanol–water partition coefficient (Wildman–Crippen LogP) is 2.20. The maximum absolute atomic E-state index is 6.07. The van der Waals surface area contributed by atoms with Crippen LogP contribution >= 0.6 is 0 Å². The van der Waals surface area contributed by atoms with Crippen LogP contribution in [-0.2, 0) is 10.2 Å². The van der Waals surface area contributed by atoms with Crippen LogP contribution in [0.2, 0.25) is 0 Å². The normalized spacial score (nSPS) is 11.4. The molecule has 0 spiro atoms. The van der Waals surface area contributed by atoms with E-state index in [0.29, 0.717) is 43.0 Å². The van der Waals surface area contributed by atoms with Gasteiger partial charge in [0.1, 0.15) is 11.5 Å². The van der Waals surface area contributed by atoms with Crippen molar-refractivity contribution in [2.75, 3.05) is 37.9 Å². The summed E-state index contributed by atoms with van der Waals surface area (Å²) in [5.41, 5.74) is 6.34. The van der Waals surface area contributed by atoms with E-state index in [9.17, 15) is 0 Å². The summed E-state index contributed by atoms with van der Waals surface area (Å²) in [6.07, 6.45) is 0.904. The van der Waals surface area contributed by atoms with Crippen molar-refractivity contribution in [3.63, 3.8) is 0 Å². The van der Waals surface area contributed by atoms with Crippen molar-refractivity contribution in [2.45, 2.75) is 39.5 Å². The molecule has 0 aromatic carbocycles. The Balaban J connectivity index is 3.06. The van der Waals surface area contributed by atoms with Crippen LogP contribution < -0.4 is 15.8 Å². The summed E-state index contributed by atoms with van der Waals surface area (Å²) >= 11 is 0. The molecule has 0 unspecified atom stereocenters. The van der Waals surface area contributed by atoms with E-state index in [4.69, 9.17) is 15.2 Å². The maximum Gasteiger partial charge on any atom is 0.242 e. The number of hydrogen-bond acceptors (Lipinski definition) is 6. The average Bonchev–Trinajstić information content (AvgIpc) is 2.38. The molecule has 114 valence electrons. The smallest absolute Gasteiger partial charge is 0.242 e. The Labute approximate surface area is 121 Å². The summed E-state index contributed by atoms with van der Waals surface area (Å²) < 4.78 is 10.6. The van der Waals surface area contributed by atoms with Gasteiger partial charge in [0.25, 0.3) is 0 Å². The van der Waals surface area contributed by atoms with Crippen LogP contribution in [0, 0.1) is 0 Å². The largest absolute Gasteiger partial charge is 0.476 e. The summed E-state index contributed by atoms with van der Waals surface area (Å²) in [5.74, 6) is 1.76. The molecular formula is C14H26N4O2. The molecule has 20 heavy (non-hydrogen) atoms. The molecule has 0 aliphatic carbocycles. The van der Waals surface area contributed by atoms with Crippen molar-refractivity contribution in [1.29, 1.82) is 0 Å². The second-order valence-electron chi connectivity index (χ2n) is 5.63. The van der Waals surface area contributed by atoms with Gasteiger partial charge in [0, 0.05) is 19.1 Å². The molecule has 0 radical (unpaired) electrons. The Bertz CT molecular complexity index is 430. The van der Waals surface area contributed by atoms with E-state index < -0.39 is 0 Å². The molecule has 0 aliphatic rings. The minimum Gasteiger partial charge on any atom is -0.476 e. The van der Waals surface area contributed by atoms with Crippen molar-refractivity contribution < 1.29 is 9.47 Å². The molecule has 1 rings (SSSR count). The summed E-state index contributed by atoms with van der Waals surface area (Å²) in [7, 11) is 1.65. The Morgan fingerprint density at radius 1 is 1.20 bits per heavy atom. The zero-order valence-electron chi connectivity index (χ0n) is 13.1. The quantitative estimate of drug-likeness (QED) is 0.746. The van der Waals surface area contributed by atoms with Crippen LogP contribution in [0.25, 0.3) is 0 Å². The lowest BCUT2D eigenvalue weighted by Gasteiger charge is -2.20. The third-order valence-electron chi connectivity index (χ3n) is 2.62. The van der Waals surface area contributed by atoms with Crippen LogP contribution in [0.15, 0.2) is 0 Å². The van der Waals surface area contributed by atoms with Gasteiger partial charge in [0.15, 0.2) is 5.82 Å². The second-order valence-corrected chi connectivity index (χ2v) is 5.63. The van der Waals surface area contributed by atoms with Crippen LogP contribution in [0.4, 0.5) is 11.5 Å². The molecule has 1 aromatic rings. The van der Waals surface area contributed by atoms with Gasteiger partial charge in [-0.2, -0.15) is 4.98 Å². The van der Waals surface area contributed by atoms with Gasteiger partial charge < -0.3 is 20.5 Å². The molecule has 1 aromatic heterocycles. The lowest BCUT2D eigenvalue weighted by Crippen LogP contribution is -2.20. The number of nitrogens with zero attached hydrogens (tertiary/aromatic N) is 2. The van der Waals surface area contributed by atoms with Gasteiger partial charge in [-0.15, -0.1) is 0 Å². The third kappa shape index (κ3) is 4.52. The Kier molecular flexibility index (Phi) is 6.01. The molecule has 0 bridgehead atoms. The fraction of sp³-hybridized carbons (Fsp3) is 0.714. The first-order valence-electron chi connectivity index (χ1n) is 6.93. The minimum absolute atomic E-state index is 0.171. The first kappa shape index (κ1) is 16.5. The van der Waals surface area contributed by atoms with Crippen LogP contribution in [0.1, 0.15) is 39.9 Å². The molecule has 0 amide bonds. The Morgan fingerprint density at radius 2 is 1.90 bits per heavy atom. The van der Waals surface area contributed by atoms with Crippen molar-refractivity contribution >= 4 is 11.5 Å². The van der Waals surface area contributed by atoms with Gasteiger partial charge >= 0.3 is 0 Å². The third-order valence-corrected chi connectivity index (χ3v) is 2.62. The predicted molar refractivity (Wildman–Crippen MR) is 81.3 cm³/mol. The number of nitrogen functional groups attached to an aromatic ring is 1. The Morgan fingerprint density at radius 3 is 2.45 bits per heavy atom. The van der Waals surface area contributed by atoms with Crippen molar-refractivity contribution in [2.24, 2.45) is 0 Å². The zero-order valence-corrected chi connectivity index (χ0v) is 13.1. The standard InChI is InChI=1S/C14H26N4O2/c1-6-8-20-12-10(15)11(16-7-9-19-5)17-13(18-12)14(2,3)4/h6-9,15H2,1-5H3,(H,16,17,18). The molecule has 0 saturated heterocycles. The number of aromatic nitrogens is 2. The second kappa shape index (κ2) is 7.28. The van der Waals surface area contributed by atoms with Gasteiger partial charge in [-0.05, 0) is 6.42 Å². The molecule has 0 saturated carbocycles. The van der Waals surface area contributed by atoms with Crippen molar-refractivity contribution in [1.82, 2.24) is 9.97 Å². The monoisotopic (exact) mass is 282 g/mol. The molecule has 0 aliphatic heterocycles. The van der Waals surface area contributed by atoms with Crippen LogP contribution in [-0.4, -0.2) is 36.8 Å². The topological polar surface area (TPSA) is 82.3 Å². The van der Waals surface area contributed by atoms with E-state index in [0.717, 1.165) is 6.42 Å². The molecular weight excluding hydrogens is 256 g/mol. The van der Waals surface area contributed by atoms with Gasteiger partial charge in [0.2, 0.25) is 5.88 Å². The Hall–Kier alpha value is -1.56. The number of nitrogens with two attached hydrogens (primary N) is 1. The van der Waals surface area contributed by atoms with Gasteiger partial charge in [-0.3, -0.25) is 0 Å². The van der Waals surface area contributed by atoms with E-state index in [1.54, 1.807) is 7.11 Å². The van der Waals surface area contributed by atoms with E-state index in [-0.39, 0.29) is 5.41 Å². The van der Waals surface area contributed by atoms with Gasteiger partial charge in [-0.25, -0.2) is 4.98 Å². The number of hydrogen-bond donors (Lipinski definition) is 2. The molecule has 0 fully saturated rings. The van der Waals surface area contributed by atoms with E-state index in [1.807, 2.05) is 6.92 Å².